The summed E-state index contributed by atoms with van der Waals surface area (Å²) >= 11 is 0. The van der Waals surface area contributed by atoms with Gasteiger partial charge in [0, 0.05) is 25.2 Å². The van der Waals surface area contributed by atoms with Crippen molar-refractivity contribution in [1.82, 2.24) is 0 Å². The zero-order valence-corrected chi connectivity index (χ0v) is 15.0. The van der Waals surface area contributed by atoms with Gasteiger partial charge >= 0.3 is 5.97 Å². The fourth-order valence-electron chi connectivity index (χ4n) is 3.31. The lowest BCUT2D eigenvalue weighted by atomic mass is 9.82. The predicted molar refractivity (Wildman–Crippen MR) is 102 cm³/mol. The third kappa shape index (κ3) is 3.39. The number of ether oxygens (including phenoxy) is 1. The molecule has 0 heterocycles. The minimum absolute atomic E-state index is 0.0394. The number of carboxylic acids is 1. The van der Waals surface area contributed by atoms with Gasteiger partial charge in [-0.3, -0.25) is 10.1 Å². The van der Waals surface area contributed by atoms with Crippen molar-refractivity contribution in [2.75, 3.05) is 7.11 Å². The second-order valence-electron chi connectivity index (χ2n) is 6.41. The van der Waals surface area contributed by atoms with Crippen LogP contribution < -0.4 is 0 Å². The normalized spacial score (nSPS) is 21.6. The Morgan fingerprint density at radius 1 is 1.19 bits per heavy atom. The van der Waals surface area contributed by atoms with Crippen LogP contribution in [0.25, 0.3) is 11.1 Å². The summed E-state index contributed by atoms with van der Waals surface area (Å²) in [5.74, 6) is -1.16. The van der Waals surface area contributed by atoms with E-state index in [-0.39, 0.29) is 11.6 Å². The maximum Gasteiger partial charge on any atom is 0.344 e. The molecule has 3 rings (SSSR count). The van der Waals surface area contributed by atoms with Crippen LogP contribution in [0.3, 0.4) is 0 Å². The second-order valence-corrected chi connectivity index (χ2v) is 6.41. The summed E-state index contributed by atoms with van der Waals surface area (Å²) in [6, 6.07) is 14.2. The van der Waals surface area contributed by atoms with E-state index in [4.69, 9.17) is 4.74 Å². The summed E-state index contributed by atoms with van der Waals surface area (Å²) in [4.78, 5) is 22.2. The van der Waals surface area contributed by atoms with Crippen LogP contribution in [0.1, 0.15) is 18.4 Å². The number of aliphatic carboxylic acids is 1. The molecule has 138 valence electrons. The standard InChI is InChI=1S/C21H19NO5/c1-14-11-18(9-10-21(14,27-2)20(23)24)16-6-3-5-15(12-16)17-7-4-8-19(13-17)22(25)26/h3-13,18H,1-2H3,(H,23,24). The quantitative estimate of drug-likeness (QED) is 0.484. The minimum atomic E-state index is -1.44. The number of carbonyl (C=O) groups is 1. The number of hydrogen-bond acceptors (Lipinski definition) is 4. The first-order chi connectivity index (χ1) is 12.9. The Hall–Kier alpha value is -3.25. The number of nitrogens with zero attached hydrogens (tertiary/aromatic N) is 1. The van der Waals surface area contributed by atoms with E-state index >= 15 is 0 Å². The van der Waals surface area contributed by atoms with Crippen molar-refractivity contribution in [2.45, 2.75) is 18.4 Å². The van der Waals surface area contributed by atoms with Gasteiger partial charge in [-0.15, -0.1) is 0 Å². The largest absolute Gasteiger partial charge is 0.479 e. The molecule has 0 spiro atoms. The van der Waals surface area contributed by atoms with Crippen molar-refractivity contribution in [3.63, 3.8) is 0 Å². The Morgan fingerprint density at radius 2 is 1.85 bits per heavy atom. The van der Waals surface area contributed by atoms with Gasteiger partial charge in [0.1, 0.15) is 0 Å². The molecule has 2 aromatic carbocycles. The van der Waals surface area contributed by atoms with Crippen LogP contribution in [-0.2, 0) is 9.53 Å². The molecule has 0 radical (unpaired) electrons. The lowest BCUT2D eigenvalue weighted by molar-refractivity contribution is -0.384. The summed E-state index contributed by atoms with van der Waals surface area (Å²) in [6.45, 7) is 1.73. The average Bonchev–Trinajstić information content (AvgIpc) is 2.68. The molecule has 6 nitrogen and oxygen atoms in total. The van der Waals surface area contributed by atoms with Crippen molar-refractivity contribution < 1.29 is 19.6 Å². The number of benzene rings is 2. The van der Waals surface area contributed by atoms with E-state index in [2.05, 4.69) is 0 Å². The molecule has 0 saturated carbocycles. The van der Waals surface area contributed by atoms with E-state index in [1.165, 1.54) is 19.2 Å². The Bertz CT molecular complexity index is 963. The number of methoxy groups -OCH3 is 1. The Kier molecular flexibility index (Phi) is 4.92. The SMILES string of the molecule is COC1(C(=O)O)C=CC(c2cccc(-c3cccc([N+](=O)[O-])c3)c2)C=C1C. The highest BCUT2D eigenvalue weighted by molar-refractivity contribution is 5.85. The highest BCUT2D eigenvalue weighted by Gasteiger charge is 2.40. The molecular weight excluding hydrogens is 346 g/mol. The molecule has 0 amide bonds. The van der Waals surface area contributed by atoms with Crippen molar-refractivity contribution in [3.8, 4) is 11.1 Å². The number of carboxylic acid groups (broad SMARTS) is 1. The van der Waals surface area contributed by atoms with Crippen LogP contribution in [0.15, 0.2) is 72.3 Å². The van der Waals surface area contributed by atoms with Gasteiger partial charge in [0.25, 0.3) is 5.69 Å². The van der Waals surface area contributed by atoms with Gasteiger partial charge < -0.3 is 9.84 Å². The van der Waals surface area contributed by atoms with Crippen LogP contribution in [-0.4, -0.2) is 28.7 Å². The number of nitro benzene ring substituents is 1. The van der Waals surface area contributed by atoms with E-state index < -0.39 is 16.5 Å². The first-order valence-electron chi connectivity index (χ1n) is 8.39. The van der Waals surface area contributed by atoms with Crippen LogP contribution in [0.2, 0.25) is 0 Å². The van der Waals surface area contributed by atoms with Crippen molar-refractivity contribution in [2.24, 2.45) is 0 Å². The van der Waals surface area contributed by atoms with Crippen molar-refractivity contribution in [3.05, 3.63) is 88.0 Å². The molecule has 2 unspecified atom stereocenters. The third-order valence-corrected chi connectivity index (χ3v) is 4.86. The lowest BCUT2D eigenvalue weighted by Crippen LogP contribution is -2.41. The molecule has 0 aromatic heterocycles. The molecule has 2 atom stereocenters. The van der Waals surface area contributed by atoms with Gasteiger partial charge in [0.2, 0.25) is 5.60 Å². The van der Waals surface area contributed by atoms with E-state index in [0.29, 0.717) is 5.57 Å². The average molecular weight is 365 g/mol. The molecule has 0 saturated heterocycles. The zero-order valence-electron chi connectivity index (χ0n) is 15.0. The number of hydrogen-bond donors (Lipinski definition) is 1. The van der Waals surface area contributed by atoms with Gasteiger partial charge in [-0.25, -0.2) is 4.79 Å². The molecule has 0 aliphatic heterocycles. The van der Waals surface area contributed by atoms with E-state index in [1.807, 2.05) is 36.4 Å². The highest BCUT2D eigenvalue weighted by atomic mass is 16.6. The van der Waals surface area contributed by atoms with Crippen molar-refractivity contribution >= 4 is 11.7 Å². The molecule has 1 aliphatic carbocycles. The van der Waals surface area contributed by atoms with Gasteiger partial charge in [-0.1, -0.05) is 48.6 Å². The van der Waals surface area contributed by atoms with E-state index in [1.54, 1.807) is 25.1 Å². The molecular formula is C21H19NO5. The molecule has 0 fully saturated rings. The second kappa shape index (κ2) is 7.17. The Labute approximate surface area is 156 Å². The third-order valence-electron chi connectivity index (χ3n) is 4.86. The summed E-state index contributed by atoms with van der Waals surface area (Å²) in [7, 11) is 1.37. The Morgan fingerprint density at radius 3 is 2.44 bits per heavy atom. The first kappa shape index (κ1) is 18.5. The van der Waals surface area contributed by atoms with Gasteiger partial charge in [-0.05, 0) is 35.3 Å². The molecule has 27 heavy (non-hydrogen) atoms. The fourth-order valence-corrected chi connectivity index (χ4v) is 3.31. The highest BCUT2D eigenvalue weighted by Crippen LogP contribution is 2.35. The first-order valence-corrected chi connectivity index (χ1v) is 8.39. The maximum atomic E-state index is 11.6. The number of non-ortho nitro benzene ring substituents is 1. The lowest BCUT2D eigenvalue weighted by Gasteiger charge is -2.30. The number of nitro groups is 1. The maximum absolute atomic E-state index is 11.6. The van der Waals surface area contributed by atoms with Crippen LogP contribution in [0.4, 0.5) is 5.69 Å². The van der Waals surface area contributed by atoms with Gasteiger partial charge in [0.15, 0.2) is 0 Å². The topological polar surface area (TPSA) is 89.7 Å². The van der Waals surface area contributed by atoms with E-state index in [0.717, 1.165) is 16.7 Å². The summed E-state index contributed by atoms with van der Waals surface area (Å²) in [5, 5.41) is 20.5. The minimum Gasteiger partial charge on any atom is -0.479 e. The Balaban J connectivity index is 1.96. The zero-order chi connectivity index (χ0) is 19.6. The summed E-state index contributed by atoms with van der Waals surface area (Å²) in [5.41, 5.74) is 1.78. The molecule has 1 aliphatic rings. The van der Waals surface area contributed by atoms with Gasteiger partial charge in [0.05, 0.1) is 4.92 Å². The molecule has 0 bridgehead atoms. The van der Waals surface area contributed by atoms with Crippen molar-refractivity contribution in [1.29, 1.82) is 0 Å². The fraction of sp³-hybridized carbons (Fsp3) is 0.190. The van der Waals surface area contributed by atoms with E-state index in [9.17, 15) is 20.0 Å². The summed E-state index contributed by atoms with van der Waals surface area (Å²) < 4.78 is 5.25. The molecule has 2 aromatic rings. The monoisotopic (exact) mass is 365 g/mol. The molecule has 1 N–H and O–H groups in total. The number of allylic oxidation sites excluding steroid dienone is 2. The van der Waals surface area contributed by atoms with Crippen LogP contribution >= 0.6 is 0 Å². The smallest absolute Gasteiger partial charge is 0.344 e. The van der Waals surface area contributed by atoms with Crippen LogP contribution in [0.5, 0.6) is 0 Å². The predicted octanol–water partition coefficient (Wildman–Crippen LogP) is 4.33. The van der Waals surface area contributed by atoms with Crippen LogP contribution in [0, 0.1) is 10.1 Å². The summed E-state index contributed by atoms with van der Waals surface area (Å²) in [6.07, 6.45) is 5.23. The van der Waals surface area contributed by atoms with Gasteiger partial charge in [-0.2, -0.15) is 0 Å². The molecule has 6 heteroatoms. The number of rotatable bonds is 5.